The fraction of sp³-hybridized carbons (Fsp3) is 0.462. The van der Waals surface area contributed by atoms with Gasteiger partial charge in [-0.3, -0.25) is 4.79 Å². The quantitative estimate of drug-likeness (QED) is 0.895. The van der Waals surface area contributed by atoms with Gasteiger partial charge in [0.15, 0.2) is 0 Å². The molecule has 1 aromatic carbocycles. The lowest BCUT2D eigenvalue weighted by Crippen LogP contribution is -2.22. The predicted molar refractivity (Wildman–Crippen MR) is 72.8 cm³/mol. The maximum atomic E-state index is 11.9. The van der Waals surface area contributed by atoms with Crippen molar-refractivity contribution < 1.29 is 4.79 Å². The van der Waals surface area contributed by atoms with Gasteiger partial charge in [-0.1, -0.05) is 18.5 Å². The predicted octanol–water partition coefficient (Wildman–Crippen LogP) is 3.25. The number of carbonyl (C=O) groups is 1. The number of hydrogen-bond donors (Lipinski definition) is 1. The molecule has 0 aliphatic rings. The second-order valence-corrected chi connectivity index (χ2v) is 4.76. The summed E-state index contributed by atoms with van der Waals surface area (Å²) in [5, 5.41) is 3.81. The highest BCUT2D eigenvalue weighted by Gasteiger charge is 2.13. The van der Waals surface area contributed by atoms with Crippen LogP contribution >= 0.6 is 11.6 Å². The smallest absolute Gasteiger partial charge is 0.254 e. The van der Waals surface area contributed by atoms with Gasteiger partial charge in [0.05, 0.1) is 10.6 Å². The molecule has 1 amide bonds. The van der Waals surface area contributed by atoms with E-state index in [1.165, 1.54) is 4.90 Å². The topological polar surface area (TPSA) is 32.3 Å². The summed E-state index contributed by atoms with van der Waals surface area (Å²) in [5.41, 5.74) is 1.46. The number of nitrogens with zero attached hydrogens (tertiary/aromatic N) is 1. The normalized spacial score (nSPS) is 12.1. The fourth-order valence-electron chi connectivity index (χ4n) is 1.41. The van der Waals surface area contributed by atoms with Gasteiger partial charge in [0.1, 0.15) is 0 Å². The number of carbonyl (C=O) groups excluding carboxylic acids is 1. The monoisotopic (exact) mass is 254 g/mol. The molecule has 0 heterocycles. The van der Waals surface area contributed by atoms with Crippen molar-refractivity contribution in [1.29, 1.82) is 0 Å². The third-order valence-electron chi connectivity index (χ3n) is 2.63. The highest BCUT2D eigenvalue weighted by atomic mass is 35.5. The van der Waals surface area contributed by atoms with Gasteiger partial charge >= 0.3 is 0 Å². The van der Waals surface area contributed by atoms with Gasteiger partial charge in [0.25, 0.3) is 5.91 Å². The highest BCUT2D eigenvalue weighted by Crippen LogP contribution is 2.22. The van der Waals surface area contributed by atoms with Crippen molar-refractivity contribution in [2.45, 2.75) is 26.3 Å². The highest BCUT2D eigenvalue weighted by molar-refractivity contribution is 6.34. The minimum Gasteiger partial charge on any atom is -0.383 e. The Hall–Kier alpha value is -1.22. The molecule has 1 N–H and O–H groups in total. The van der Waals surface area contributed by atoms with Crippen molar-refractivity contribution in [3.63, 3.8) is 0 Å². The van der Waals surface area contributed by atoms with Crippen LogP contribution in [0.2, 0.25) is 5.02 Å². The maximum Gasteiger partial charge on any atom is 0.254 e. The van der Waals surface area contributed by atoms with Gasteiger partial charge in [0, 0.05) is 25.8 Å². The summed E-state index contributed by atoms with van der Waals surface area (Å²) in [6.07, 6.45) is 1.03. The van der Waals surface area contributed by atoms with Gasteiger partial charge in [-0.05, 0) is 31.5 Å². The summed E-state index contributed by atoms with van der Waals surface area (Å²) >= 11 is 6.03. The summed E-state index contributed by atoms with van der Waals surface area (Å²) in [7, 11) is 3.43. The Labute approximate surface area is 108 Å². The first-order valence-corrected chi connectivity index (χ1v) is 6.11. The van der Waals surface area contributed by atoms with Crippen LogP contribution in [0.4, 0.5) is 5.69 Å². The minimum absolute atomic E-state index is 0.0807. The standard InChI is InChI=1S/C13H19ClN2O/c1-5-9(2)15-10-6-7-12(14)11(8-10)13(17)16(3)4/h6-9,15H,5H2,1-4H3. The van der Waals surface area contributed by atoms with Crippen molar-refractivity contribution in [3.05, 3.63) is 28.8 Å². The summed E-state index contributed by atoms with van der Waals surface area (Å²) < 4.78 is 0. The molecule has 0 spiro atoms. The molecule has 0 aliphatic heterocycles. The molecule has 0 saturated heterocycles. The molecule has 17 heavy (non-hydrogen) atoms. The van der Waals surface area contributed by atoms with E-state index in [1.54, 1.807) is 26.2 Å². The van der Waals surface area contributed by atoms with E-state index in [1.807, 2.05) is 6.07 Å². The van der Waals surface area contributed by atoms with Crippen LogP contribution in [-0.4, -0.2) is 30.9 Å². The molecular formula is C13H19ClN2O. The Morgan fingerprint density at radius 2 is 2.12 bits per heavy atom. The zero-order valence-electron chi connectivity index (χ0n) is 10.7. The van der Waals surface area contributed by atoms with Crippen molar-refractivity contribution >= 4 is 23.2 Å². The van der Waals surface area contributed by atoms with Crippen molar-refractivity contribution in [3.8, 4) is 0 Å². The number of nitrogens with one attached hydrogen (secondary N) is 1. The van der Waals surface area contributed by atoms with E-state index in [2.05, 4.69) is 19.2 Å². The van der Waals surface area contributed by atoms with Crippen molar-refractivity contribution in [1.82, 2.24) is 4.90 Å². The second kappa shape index (κ2) is 5.92. The first-order valence-electron chi connectivity index (χ1n) is 5.73. The van der Waals surface area contributed by atoms with Gasteiger partial charge in [-0.2, -0.15) is 0 Å². The number of hydrogen-bond acceptors (Lipinski definition) is 2. The molecule has 1 aromatic rings. The molecule has 1 atom stereocenters. The molecule has 1 unspecified atom stereocenters. The number of rotatable bonds is 4. The summed E-state index contributed by atoms with van der Waals surface area (Å²) in [6.45, 7) is 4.21. The zero-order chi connectivity index (χ0) is 13.0. The first-order chi connectivity index (χ1) is 7.95. The molecular weight excluding hydrogens is 236 g/mol. The fourth-order valence-corrected chi connectivity index (χ4v) is 1.60. The molecule has 0 bridgehead atoms. The maximum absolute atomic E-state index is 11.9. The van der Waals surface area contributed by atoms with E-state index in [4.69, 9.17) is 11.6 Å². The second-order valence-electron chi connectivity index (χ2n) is 4.35. The van der Waals surface area contributed by atoms with Crippen molar-refractivity contribution in [2.75, 3.05) is 19.4 Å². The van der Waals surface area contributed by atoms with Crippen LogP contribution in [0, 0.1) is 0 Å². The lowest BCUT2D eigenvalue weighted by molar-refractivity contribution is 0.0828. The van der Waals surface area contributed by atoms with Crippen LogP contribution in [0.1, 0.15) is 30.6 Å². The van der Waals surface area contributed by atoms with Crippen LogP contribution < -0.4 is 5.32 Å². The molecule has 4 heteroatoms. The number of amides is 1. The van der Waals surface area contributed by atoms with Crippen LogP contribution in [0.15, 0.2) is 18.2 Å². The largest absolute Gasteiger partial charge is 0.383 e. The van der Waals surface area contributed by atoms with E-state index >= 15 is 0 Å². The summed E-state index contributed by atoms with van der Waals surface area (Å²) in [6, 6.07) is 5.82. The van der Waals surface area contributed by atoms with Gasteiger partial charge in [0.2, 0.25) is 0 Å². The van der Waals surface area contributed by atoms with Gasteiger partial charge < -0.3 is 10.2 Å². The Morgan fingerprint density at radius 3 is 2.65 bits per heavy atom. The number of benzene rings is 1. The van der Waals surface area contributed by atoms with Gasteiger partial charge in [-0.15, -0.1) is 0 Å². The molecule has 3 nitrogen and oxygen atoms in total. The zero-order valence-corrected chi connectivity index (χ0v) is 11.5. The molecule has 1 rings (SSSR count). The Bertz CT molecular complexity index is 404. The first kappa shape index (κ1) is 13.8. The van der Waals surface area contributed by atoms with Crippen LogP contribution in [0.3, 0.4) is 0 Å². The molecule has 0 aliphatic carbocycles. The Morgan fingerprint density at radius 1 is 1.47 bits per heavy atom. The third-order valence-corrected chi connectivity index (χ3v) is 2.96. The number of anilines is 1. The van der Waals surface area contributed by atoms with Crippen LogP contribution in [0.5, 0.6) is 0 Å². The molecule has 94 valence electrons. The minimum atomic E-state index is -0.0807. The third kappa shape index (κ3) is 3.63. The van der Waals surface area contributed by atoms with E-state index < -0.39 is 0 Å². The van der Waals surface area contributed by atoms with Crippen LogP contribution in [-0.2, 0) is 0 Å². The molecule has 0 saturated carbocycles. The van der Waals surface area contributed by atoms with E-state index in [0.29, 0.717) is 16.6 Å². The van der Waals surface area contributed by atoms with E-state index in [-0.39, 0.29) is 5.91 Å². The summed E-state index contributed by atoms with van der Waals surface area (Å²) in [4.78, 5) is 13.4. The van der Waals surface area contributed by atoms with E-state index in [9.17, 15) is 4.79 Å². The molecule has 0 radical (unpaired) electrons. The average Bonchev–Trinajstić information content (AvgIpc) is 2.30. The lowest BCUT2D eigenvalue weighted by atomic mass is 10.1. The van der Waals surface area contributed by atoms with Gasteiger partial charge in [-0.25, -0.2) is 0 Å². The molecule has 0 aromatic heterocycles. The van der Waals surface area contributed by atoms with Crippen LogP contribution in [0.25, 0.3) is 0 Å². The number of halogens is 1. The Balaban J connectivity index is 2.98. The SMILES string of the molecule is CCC(C)Nc1ccc(Cl)c(C(=O)N(C)C)c1. The van der Waals surface area contributed by atoms with Crippen molar-refractivity contribution in [2.24, 2.45) is 0 Å². The summed E-state index contributed by atoms with van der Waals surface area (Å²) in [5.74, 6) is -0.0807. The lowest BCUT2D eigenvalue weighted by Gasteiger charge is -2.16. The van der Waals surface area contributed by atoms with E-state index in [0.717, 1.165) is 12.1 Å². The average molecular weight is 255 g/mol. The molecule has 0 fully saturated rings. The Kier molecular flexibility index (Phi) is 4.82.